The average Bonchev–Trinajstić information content (AvgIpc) is 2.96. The minimum atomic E-state index is -4.52. The third kappa shape index (κ3) is 6.70. The highest BCUT2D eigenvalue weighted by Crippen LogP contribution is 2.35. The highest BCUT2D eigenvalue weighted by molar-refractivity contribution is 7.46. The molecule has 2 rings (SSSR count). The van der Waals surface area contributed by atoms with E-state index in [1.165, 1.54) is 0 Å². The summed E-state index contributed by atoms with van der Waals surface area (Å²) in [6.45, 7) is -1.47. The van der Waals surface area contributed by atoms with Gasteiger partial charge in [-0.05, 0) is 12.8 Å². The van der Waals surface area contributed by atoms with Gasteiger partial charge in [-0.3, -0.25) is 28.4 Å². The number of unbranched alkanes of at least 4 members (excludes halogenated alkanes) is 3. The molecule has 0 amide bonds. The molecule has 2 aromatic rings. The van der Waals surface area contributed by atoms with Gasteiger partial charge < -0.3 is 30.2 Å². The van der Waals surface area contributed by atoms with Crippen molar-refractivity contribution in [2.45, 2.75) is 57.1 Å². The van der Waals surface area contributed by atoms with Crippen molar-refractivity contribution in [3.63, 3.8) is 0 Å². The molecule has 2 aromatic heterocycles. The molecule has 182 valence electrons. The van der Waals surface area contributed by atoms with E-state index >= 15 is 0 Å². The van der Waals surface area contributed by atoms with Crippen molar-refractivity contribution in [3.8, 4) is 0 Å². The Morgan fingerprint density at radius 3 is 2.22 bits per heavy atom. The normalized spacial score (nSPS) is 15.2. The molecule has 2 heterocycles. The summed E-state index contributed by atoms with van der Waals surface area (Å²) in [5.41, 5.74) is -2.79. The van der Waals surface area contributed by atoms with Crippen molar-refractivity contribution in [1.29, 1.82) is 0 Å². The largest absolute Gasteiger partial charge is 0.469 e. The van der Waals surface area contributed by atoms with E-state index in [0.29, 0.717) is 25.7 Å². The number of H-pyrrole nitrogens is 2. The summed E-state index contributed by atoms with van der Waals surface area (Å²) in [6.07, 6.45) is -3.29. The van der Waals surface area contributed by atoms with Gasteiger partial charge in [-0.1, -0.05) is 12.8 Å². The van der Waals surface area contributed by atoms with Gasteiger partial charge in [-0.25, -0.2) is 14.2 Å². The summed E-state index contributed by atoms with van der Waals surface area (Å²) in [5.74, 6) is 0. The van der Waals surface area contributed by atoms with Gasteiger partial charge in [0, 0.05) is 6.54 Å². The molecule has 32 heavy (non-hydrogen) atoms. The lowest BCUT2D eigenvalue weighted by atomic mass is 10.1. The maximum Gasteiger partial charge on any atom is 0.469 e. The van der Waals surface area contributed by atoms with Crippen molar-refractivity contribution in [1.82, 2.24) is 19.1 Å². The topological polar surface area (TPSA) is 240 Å². The lowest BCUT2D eigenvalue weighted by Gasteiger charge is -2.21. The SMILES string of the molecule is O=c1[nH]c(=O)c2c([nH]1)n(C[C@@H](O)[C@H](O)[C@H](O)CO)c(=O)n2CCCCCCOP(=O)(O)O. The number of hydrogen-bond donors (Lipinski definition) is 8. The van der Waals surface area contributed by atoms with Gasteiger partial charge in [-0.15, -0.1) is 0 Å². The Morgan fingerprint density at radius 1 is 0.938 bits per heavy atom. The summed E-state index contributed by atoms with van der Waals surface area (Å²) in [5, 5.41) is 38.3. The van der Waals surface area contributed by atoms with Crippen molar-refractivity contribution in [2.24, 2.45) is 0 Å². The Kier molecular flexibility index (Phi) is 9.12. The highest BCUT2D eigenvalue weighted by atomic mass is 31.2. The second-order valence-corrected chi connectivity index (χ2v) is 8.44. The summed E-state index contributed by atoms with van der Waals surface area (Å²) in [4.78, 5) is 58.4. The van der Waals surface area contributed by atoms with Crippen LogP contribution < -0.4 is 16.9 Å². The van der Waals surface area contributed by atoms with E-state index in [2.05, 4.69) is 9.51 Å². The lowest BCUT2D eigenvalue weighted by molar-refractivity contribution is -0.0806. The zero-order valence-electron chi connectivity index (χ0n) is 17.0. The molecule has 8 N–H and O–H groups in total. The third-order valence-corrected chi connectivity index (χ3v) is 5.30. The second kappa shape index (κ2) is 11.2. The molecule has 0 fully saturated rings. The molecule has 3 atom stereocenters. The number of hydrogen-bond acceptors (Lipinski definition) is 9. The average molecular weight is 482 g/mol. The number of imidazole rings is 1. The van der Waals surface area contributed by atoms with Crippen LogP contribution in [0.15, 0.2) is 14.4 Å². The molecule has 0 aromatic carbocycles. The number of aliphatic hydroxyl groups excluding tert-OH is 4. The number of nitrogens with one attached hydrogen (secondary N) is 2. The Hall–Kier alpha value is -2.10. The fourth-order valence-corrected chi connectivity index (χ4v) is 3.56. The van der Waals surface area contributed by atoms with E-state index in [-0.39, 0.29) is 24.3 Å². The Bertz CT molecular complexity index is 1110. The maximum atomic E-state index is 12.9. The zero-order valence-corrected chi connectivity index (χ0v) is 17.8. The predicted octanol–water partition coefficient (Wildman–Crippen LogP) is -3.08. The first-order valence-corrected chi connectivity index (χ1v) is 11.3. The van der Waals surface area contributed by atoms with E-state index in [1.54, 1.807) is 0 Å². The standard InChI is InChI=1S/C16H27N4O11P/c21-8-10(23)12(24)9(22)7-20-13-11(14(25)18-15(26)17-13)19(16(20)27)5-3-1-2-4-6-31-32(28,29)30/h9-10,12,21-24H,1-8H2,(H2,28,29,30)(H2,17,18,25,26)/t9-,10-,12+/m1/s1. The second-order valence-electron chi connectivity index (χ2n) is 7.20. The number of nitrogens with zero attached hydrogens (tertiary/aromatic N) is 2. The quantitative estimate of drug-likeness (QED) is 0.105. The van der Waals surface area contributed by atoms with Crippen LogP contribution in [0.1, 0.15) is 25.7 Å². The monoisotopic (exact) mass is 482 g/mol. The molecule has 0 spiro atoms. The van der Waals surface area contributed by atoms with Gasteiger partial charge >= 0.3 is 19.2 Å². The summed E-state index contributed by atoms with van der Waals surface area (Å²) < 4.78 is 16.9. The molecule has 16 heteroatoms. The first-order valence-electron chi connectivity index (χ1n) is 9.77. The third-order valence-electron chi connectivity index (χ3n) is 4.78. The Balaban J connectivity index is 2.19. The van der Waals surface area contributed by atoms with Crippen LogP contribution in [0.25, 0.3) is 11.2 Å². The van der Waals surface area contributed by atoms with Crippen LogP contribution in [0.5, 0.6) is 0 Å². The van der Waals surface area contributed by atoms with E-state index < -0.39 is 56.2 Å². The van der Waals surface area contributed by atoms with Crippen LogP contribution >= 0.6 is 7.82 Å². The van der Waals surface area contributed by atoms with Gasteiger partial charge in [0.2, 0.25) is 0 Å². The van der Waals surface area contributed by atoms with Gasteiger partial charge in [0.25, 0.3) is 5.56 Å². The molecule has 0 aliphatic rings. The minimum Gasteiger partial charge on any atom is -0.394 e. The molecular formula is C16H27N4O11P. The van der Waals surface area contributed by atoms with Crippen LogP contribution in [-0.4, -0.2) is 80.8 Å². The first kappa shape index (κ1) is 26.2. The number of phosphoric ester groups is 1. The van der Waals surface area contributed by atoms with Crippen LogP contribution in [0.4, 0.5) is 0 Å². The van der Waals surface area contributed by atoms with E-state index in [0.717, 1.165) is 9.13 Å². The molecule has 0 aliphatic carbocycles. The molecule has 0 saturated carbocycles. The molecule has 0 saturated heterocycles. The van der Waals surface area contributed by atoms with E-state index in [1.807, 2.05) is 4.98 Å². The number of phosphoric acid groups is 1. The molecule has 0 bridgehead atoms. The number of aromatic nitrogens is 4. The van der Waals surface area contributed by atoms with E-state index in [9.17, 15) is 34.3 Å². The smallest absolute Gasteiger partial charge is 0.394 e. The Labute approximate surface area is 179 Å². The Morgan fingerprint density at radius 2 is 1.59 bits per heavy atom. The van der Waals surface area contributed by atoms with Crippen LogP contribution in [0.3, 0.4) is 0 Å². The summed E-state index contributed by atoms with van der Waals surface area (Å²) in [7, 11) is -4.52. The summed E-state index contributed by atoms with van der Waals surface area (Å²) in [6, 6.07) is 0. The van der Waals surface area contributed by atoms with Crippen LogP contribution in [0, 0.1) is 0 Å². The maximum absolute atomic E-state index is 12.9. The number of aromatic amines is 2. The first-order chi connectivity index (χ1) is 15.0. The minimum absolute atomic E-state index is 0.0642. The number of aliphatic hydroxyl groups is 4. The van der Waals surface area contributed by atoms with Gasteiger partial charge in [0.05, 0.1) is 19.8 Å². The van der Waals surface area contributed by atoms with Crippen molar-refractivity contribution in [3.05, 3.63) is 31.3 Å². The van der Waals surface area contributed by atoms with E-state index in [4.69, 9.17) is 14.9 Å². The molecule has 0 unspecified atom stereocenters. The van der Waals surface area contributed by atoms with Gasteiger partial charge in [0.1, 0.15) is 24.0 Å². The van der Waals surface area contributed by atoms with Crippen LogP contribution in [0.2, 0.25) is 0 Å². The molecule has 15 nitrogen and oxygen atoms in total. The molecular weight excluding hydrogens is 455 g/mol. The number of fused-ring (bicyclic) bond motifs is 1. The lowest BCUT2D eigenvalue weighted by Crippen LogP contribution is -2.43. The summed E-state index contributed by atoms with van der Waals surface area (Å²) >= 11 is 0. The zero-order chi connectivity index (χ0) is 24.1. The predicted molar refractivity (Wildman–Crippen MR) is 109 cm³/mol. The van der Waals surface area contributed by atoms with Gasteiger partial charge in [0.15, 0.2) is 5.52 Å². The number of rotatable bonds is 13. The molecule has 0 radical (unpaired) electrons. The van der Waals surface area contributed by atoms with Gasteiger partial charge in [-0.2, -0.15) is 0 Å². The molecule has 0 aliphatic heterocycles. The van der Waals surface area contributed by atoms with Crippen LogP contribution in [-0.2, 0) is 22.2 Å². The highest BCUT2D eigenvalue weighted by Gasteiger charge is 2.27. The van der Waals surface area contributed by atoms with Crippen molar-refractivity contribution >= 4 is 19.0 Å². The fraction of sp³-hybridized carbons (Fsp3) is 0.688. The number of aryl methyl sites for hydroxylation is 1. The van der Waals surface area contributed by atoms with Crippen molar-refractivity contribution < 1.29 is 39.3 Å². The van der Waals surface area contributed by atoms with Crippen molar-refractivity contribution in [2.75, 3.05) is 13.2 Å². The fourth-order valence-electron chi connectivity index (χ4n) is 3.20.